The Labute approximate surface area is 169 Å². The van der Waals surface area contributed by atoms with Crippen LogP contribution in [0, 0.1) is 5.82 Å². The zero-order chi connectivity index (χ0) is 21.3. The van der Waals surface area contributed by atoms with Gasteiger partial charge in [0.05, 0.1) is 22.9 Å². The molecule has 1 aliphatic rings. The maximum Gasteiger partial charge on any atom is 0.433 e. The van der Waals surface area contributed by atoms with E-state index in [9.17, 15) is 22.4 Å². The third-order valence-electron chi connectivity index (χ3n) is 5.20. The van der Waals surface area contributed by atoms with Crippen molar-refractivity contribution < 1.29 is 22.4 Å². The largest absolute Gasteiger partial charge is 0.433 e. The van der Waals surface area contributed by atoms with Gasteiger partial charge in [0.1, 0.15) is 11.5 Å². The molecule has 6 nitrogen and oxygen atoms in total. The van der Waals surface area contributed by atoms with Gasteiger partial charge in [0.2, 0.25) is 0 Å². The Morgan fingerprint density at radius 1 is 1.00 bits per heavy atom. The molecule has 1 aliphatic heterocycles. The summed E-state index contributed by atoms with van der Waals surface area (Å²) in [6, 6.07) is 6.49. The smallest absolute Gasteiger partial charge is 0.336 e. The van der Waals surface area contributed by atoms with Crippen LogP contribution in [-0.2, 0) is 12.7 Å². The number of imidazole rings is 1. The molecule has 1 aromatic carbocycles. The van der Waals surface area contributed by atoms with Gasteiger partial charge in [0.25, 0.3) is 5.91 Å². The van der Waals surface area contributed by atoms with Crippen LogP contribution >= 0.6 is 0 Å². The second-order valence-corrected chi connectivity index (χ2v) is 7.13. The number of carbonyl (C=O) groups excluding carboxylic acids is 1. The van der Waals surface area contributed by atoms with Crippen LogP contribution in [0.2, 0.25) is 0 Å². The van der Waals surface area contributed by atoms with Gasteiger partial charge >= 0.3 is 6.18 Å². The monoisotopic (exact) mass is 421 g/mol. The molecular formula is C20H19F4N5O. The number of aromatic nitrogens is 3. The van der Waals surface area contributed by atoms with Crippen LogP contribution in [0.3, 0.4) is 0 Å². The molecule has 3 heterocycles. The molecule has 0 spiro atoms. The molecule has 0 unspecified atom stereocenters. The van der Waals surface area contributed by atoms with Gasteiger partial charge in [0.15, 0.2) is 0 Å². The van der Waals surface area contributed by atoms with Crippen molar-refractivity contribution in [1.29, 1.82) is 0 Å². The fourth-order valence-corrected chi connectivity index (χ4v) is 3.51. The average molecular weight is 421 g/mol. The van der Waals surface area contributed by atoms with Gasteiger partial charge in [-0.2, -0.15) is 13.2 Å². The SMILES string of the molecule is O=C(c1ccc(C(F)(F)F)nc1)N1CCN(CCn2cnc3cc(F)ccc32)CC1. The summed E-state index contributed by atoms with van der Waals surface area (Å²) in [6.07, 6.45) is -1.87. The number of carbonyl (C=O) groups is 1. The topological polar surface area (TPSA) is 54.3 Å². The predicted molar refractivity (Wildman–Crippen MR) is 101 cm³/mol. The molecular weight excluding hydrogens is 402 g/mol. The van der Waals surface area contributed by atoms with Gasteiger partial charge in [-0.3, -0.25) is 14.7 Å². The van der Waals surface area contributed by atoms with E-state index in [-0.39, 0.29) is 17.3 Å². The van der Waals surface area contributed by atoms with E-state index in [0.29, 0.717) is 38.2 Å². The molecule has 30 heavy (non-hydrogen) atoms. The van der Waals surface area contributed by atoms with Gasteiger partial charge in [-0.25, -0.2) is 9.37 Å². The maximum atomic E-state index is 13.3. The highest BCUT2D eigenvalue weighted by Crippen LogP contribution is 2.27. The maximum absolute atomic E-state index is 13.3. The molecule has 0 saturated carbocycles. The van der Waals surface area contributed by atoms with E-state index in [2.05, 4.69) is 14.9 Å². The molecule has 10 heteroatoms. The first-order chi connectivity index (χ1) is 14.3. The van der Waals surface area contributed by atoms with E-state index in [1.165, 1.54) is 12.1 Å². The Morgan fingerprint density at radius 2 is 1.77 bits per heavy atom. The van der Waals surface area contributed by atoms with Crippen molar-refractivity contribution in [2.45, 2.75) is 12.7 Å². The van der Waals surface area contributed by atoms with Crippen LogP contribution in [0.5, 0.6) is 0 Å². The van der Waals surface area contributed by atoms with Gasteiger partial charge < -0.3 is 9.47 Å². The summed E-state index contributed by atoms with van der Waals surface area (Å²) in [7, 11) is 0. The Hall–Kier alpha value is -3.01. The van der Waals surface area contributed by atoms with E-state index < -0.39 is 11.9 Å². The minimum Gasteiger partial charge on any atom is -0.336 e. The lowest BCUT2D eigenvalue weighted by molar-refractivity contribution is -0.141. The van der Waals surface area contributed by atoms with Gasteiger partial charge in [-0.05, 0) is 24.3 Å². The number of rotatable bonds is 4. The number of nitrogens with zero attached hydrogens (tertiary/aromatic N) is 5. The molecule has 0 atom stereocenters. The van der Waals surface area contributed by atoms with Crippen LogP contribution in [0.15, 0.2) is 42.9 Å². The molecule has 1 fully saturated rings. The number of benzene rings is 1. The number of alkyl halides is 3. The Morgan fingerprint density at radius 3 is 2.43 bits per heavy atom. The van der Waals surface area contributed by atoms with E-state index in [4.69, 9.17) is 0 Å². The molecule has 0 bridgehead atoms. The number of hydrogen-bond donors (Lipinski definition) is 0. The first-order valence-electron chi connectivity index (χ1n) is 9.46. The molecule has 0 radical (unpaired) electrons. The fraction of sp³-hybridized carbons (Fsp3) is 0.350. The summed E-state index contributed by atoms with van der Waals surface area (Å²) in [4.78, 5) is 23.9. The summed E-state index contributed by atoms with van der Waals surface area (Å²) in [6.45, 7) is 3.69. The van der Waals surface area contributed by atoms with Crippen LogP contribution in [0.1, 0.15) is 16.1 Å². The Balaban J connectivity index is 1.30. The standard InChI is InChI=1S/C20H19F4N5O/c21-15-2-3-17-16(11-15)26-13-29(17)10-7-27-5-8-28(9-6-27)19(30)14-1-4-18(25-12-14)20(22,23)24/h1-4,11-13H,5-10H2. The molecule has 0 N–H and O–H groups in total. The lowest BCUT2D eigenvalue weighted by Gasteiger charge is -2.34. The summed E-state index contributed by atoms with van der Waals surface area (Å²) >= 11 is 0. The Kier molecular flexibility index (Phi) is 5.42. The molecule has 1 saturated heterocycles. The number of pyridine rings is 1. The van der Waals surface area contributed by atoms with Gasteiger partial charge in [-0.15, -0.1) is 0 Å². The lowest BCUT2D eigenvalue weighted by Crippen LogP contribution is -2.49. The van der Waals surface area contributed by atoms with Gasteiger partial charge in [0, 0.05) is 51.5 Å². The lowest BCUT2D eigenvalue weighted by atomic mass is 10.2. The van der Waals surface area contributed by atoms with E-state index in [1.54, 1.807) is 17.3 Å². The van der Waals surface area contributed by atoms with E-state index in [1.807, 2.05) is 4.57 Å². The predicted octanol–water partition coefficient (Wildman–Crippen LogP) is 3.05. The van der Waals surface area contributed by atoms with Crippen LogP contribution in [0.4, 0.5) is 17.6 Å². The number of amides is 1. The number of piperazine rings is 1. The second kappa shape index (κ2) is 8.02. The highest BCUT2D eigenvalue weighted by Gasteiger charge is 2.32. The van der Waals surface area contributed by atoms with Crippen molar-refractivity contribution in [2.75, 3.05) is 32.7 Å². The minimum atomic E-state index is -4.53. The van der Waals surface area contributed by atoms with E-state index >= 15 is 0 Å². The molecule has 0 aliphatic carbocycles. The summed E-state index contributed by atoms with van der Waals surface area (Å²) in [5.74, 6) is -0.643. The summed E-state index contributed by atoms with van der Waals surface area (Å²) in [5, 5.41) is 0. The first kappa shape index (κ1) is 20.3. The van der Waals surface area contributed by atoms with Crippen molar-refractivity contribution in [3.63, 3.8) is 0 Å². The quantitative estimate of drug-likeness (QED) is 0.608. The highest BCUT2D eigenvalue weighted by atomic mass is 19.4. The normalized spacial score (nSPS) is 15.7. The molecule has 4 rings (SSSR count). The molecule has 3 aromatic rings. The van der Waals surface area contributed by atoms with Crippen molar-refractivity contribution in [3.8, 4) is 0 Å². The van der Waals surface area contributed by atoms with Crippen molar-refractivity contribution in [1.82, 2.24) is 24.3 Å². The number of halogens is 4. The molecule has 2 aromatic heterocycles. The van der Waals surface area contributed by atoms with Gasteiger partial charge in [-0.1, -0.05) is 0 Å². The van der Waals surface area contributed by atoms with Crippen molar-refractivity contribution in [3.05, 3.63) is 59.9 Å². The van der Waals surface area contributed by atoms with Crippen molar-refractivity contribution >= 4 is 16.9 Å². The van der Waals surface area contributed by atoms with E-state index in [0.717, 1.165) is 30.4 Å². The summed E-state index contributed by atoms with van der Waals surface area (Å²) in [5.41, 5.74) is 0.600. The molecule has 158 valence electrons. The van der Waals surface area contributed by atoms with Crippen LogP contribution in [-0.4, -0.2) is 63.0 Å². The third-order valence-corrected chi connectivity index (χ3v) is 5.20. The average Bonchev–Trinajstić information content (AvgIpc) is 3.13. The zero-order valence-corrected chi connectivity index (χ0v) is 15.9. The Bertz CT molecular complexity index is 1040. The second-order valence-electron chi connectivity index (χ2n) is 7.13. The number of fused-ring (bicyclic) bond motifs is 1. The minimum absolute atomic E-state index is 0.147. The van der Waals surface area contributed by atoms with Crippen LogP contribution < -0.4 is 0 Å². The molecule has 1 amide bonds. The number of hydrogen-bond acceptors (Lipinski definition) is 4. The highest BCUT2D eigenvalue weighted by molar-refractivity contribution is 5.94. The van der Waals surface area contributed by atoms with Crippen LogP contribution in [0.25, 0.3) is 11.0 Å². The first-order valence-corrected chi connectivity index (χ1v) is 9.46. The zero-order valence-electron chi connectivity index (χ0n) is 15.9. The fourth-order valence-electron chi connectivity index (χ4n) is 3.51. The third kappa shape index (κ3) is 4.28. The van der Waals surface area contributed by atoms with Crippen molar-refractivity contribution in [2.24, 2.45) is 0 Å². The summed E-state index contributed by atoms with van der Waals surface area (Å²) < 4.78 is 53.1.